The predicted molar refractivity (Wildman–Crippen MR) is 67.4 cm³/mol. The quantitative estimate of drug-likeness (QED) is 0.836. The molecule has 0 bridgehead atoms. The smallest absolute Gasteiger partial charge is 0.326 e. The van der Waals surface area contributed by atoms with Gasteiger partial charge in [-0.25, -0.2) is 4.79 Å². The monoisotopic (exact) mass is 321 g/mol. The van der Waals surface area contributed by atoms with Crippen molar-refractivity contribution in [1.29, 1.82) is 0 Å². The number of halogens is 1. The first-order valence-corrected chi connectivity index (χ1v) is 6.49. The van der Waals surface area contributed by atoms with Gasteiger partial charge in [0.1, 0.15) is 10.9 Å². The van der Waals surface area contributed by atoms with Crippen LogP contribution in [0.1, 0.15) is 16.1 Å². The van der Waals surface area contributed by atoms with E-state index in [1.54, 1.807) is 11.4 Å². The van der Waals surface area contributed by atoms with Crippen LogP contribution in [-0.4, -0.2) is 36.7 Å². The molecule has 1 rings (SSSR count). The van der Waals surface area contributed by atoms with Crippen LogP contribution in [0.25, 0.3) is 0 Å². The van der Waals surface area contributed by atoms with E-state index < -0.39 is 17.9 Å². The van der Waals surface area contributed by atoms with Gasteiger partial charge in [-0.1, -0.05) is 0 Å². The number of hydrogen-bond acceptors (Lipinski definition) is 4. The summed E-state index contributed by atoms with van der Waals surface area (Å²) < 4.78 is 5.46. The summed E-state index contributed by atoms with van der Waals surface area (Å²) in [4.78, 5) is 23.2. The molecular weight excluding hydrogens is 310 g/mol. The van der Waals surface area contributed by atoms with Crippen molar-refractivity contribution >= 4 is 39.1 Å². The Morgan fingerprint density at radius 3 is 2.82 bits per heavy atom. The fourth-order valence-electron chi connectivity index (χ4n) is 1.17. The lowest BCUT2D eigenvalue weighted by Gasteiger charge is -2.13. The summed E-state index contributed by atoms with van der Waals surface area (Å²) in [7, 11) is 1.48. The number of carbonyl (C=O) groups excluding carboxylic acids is 1. The first-order chi connectivity index (χ1) is 8.06. The molecule has 94 valence electrons. The lowest BCUT2D eigenvalue weighted by atomic mass is 10.2. The minimum atomic E-state index is -1.07. The number of aliphatic carboxylic acids is 1. The first kappa shape index (κ1) is 14.1. The Bertz CT molecular complexity index is 407. The fourth-order valence-corrected chi connectivity index (χ4v) is 2.63. The molecule has 2 N–H and O–H groups in total. The molecule has 5 nitrogen and oxygen atoms in total. The molecule has 1 heterocycles. The van der Waals surface area contributed by atoms with Gasteiger partial charge in [0.25, 0.3) is 5.91 Å². The molecule has 17 heavy (non-hydrogen) atoms. The van der Waals surface area contributed by atoms with Gasteiger partial charge in [0, 0.05) is 24.6 Å². The normalized spacial score (nSPS) is 12.1. The van der Waals surface area contributed by atoms with Crippen molar-refractivity contribution in [2.75, 3.05) is 13.7 Å². The number of carboxylic acids is 1. The van der Waals surface area contributed by atoms with Crippen LogP contribution >= 0.6 is 27.3 Å². The molecule has 1 unspecified atom stereocenters. The van der Waals surface area contributed by atoms with Gasteiger partial charge < -0.3 is 15.2 Å². The number of carbonyl (C=O) groups is 2. The number of nitrogens with one attached hydrogen (secondary N) is 1. The summed E-state index contributed by atoms with van der Waals surface area (Å²) in [5.74, 6) is -1.46. The average Bonchev–Trinajstić information content (AvgIpc) is 2.70. The second-order valence-electron chi connectivity index (χ2n) is 3.24. The van der Waals surface area contributed by atoms with E-state index in [0.717, 1.165) is 0 Å². The summed E-state index contributed by atoms with van der Waals surface area (Å²) in [6, 6.07) is 0.807. The zero-order valence-electron chi connectivity index (χ0n) is 9.10. The minimum Gasteiger partial charge on any atom is -0.480 e. The SMILES string of the molecule is COCCC(NC(=O)c1sccc1Br)C(=O)O. The third-order valence-corrected chi connectivity index (χ3v) is 3.87. The molecule has 0 saturated carbocycles. The number of rotatable bonds is 6. The van der Waals surface area contributed by atoms with Gasteiger partial charge in [0.2, 0.25) is 0 Å². The van der Waals surface area contributed by atoms with E-state index >= 15 is 0 Å². The maximum Gasteiger partial charge on any atom is 0.326 e. The Balaban J connectivity index is 2.64. The lowest BCUT2D eigenvalue weighted by Crippen LogP contribution is -2.41. The lowest BCUT2D eigenvalue weighted by molar-refractivity contribution is -0.139. The standard InChI is InChI=1S/C10H12BrNO4S/c1-16-4-2-7(10(14)15)12-9(13)8-6(11)3-5-17-8/h3,5,7H,2,4H2,1H3,(H,12,13)(H,14,15). The number of carboxylic acid groups (broad SMARTS) is 1. The number of methoxy groups -OCH3 is 1. The van der Waals surface area contributed by atoms with E-state index in [1.165, 1.54) is 18.4 Å². The molecule has 0 aliphatic carbocycles. The highest BCUT2D eigenvalue weighted by molar-refractivity contribution is 9.10. The van der Waals surface area contributed by atoms with Crippen LogP contribution in [0.5, 0.6) is 0 Å². The Morgan fingerprint density at radius 2 is 2.35 bits per heavy atom. The summed E-state index contributed by atoms with van der Waals surface area (Å²) in [6.45, 7) is 0.281. The Labute approximate surface area is 111 Å². The fraction of sp³-hybridized carbons (Fsp3) is 0.400. The predicted octanol–water partition coefficient (Wildman–Crippen LogP) is 1.73. The molecule has 1 atom stereocenters. The number of ether oxygens (including phenoxy) is 1. The van der Waals surface area contributed by atoms with Gasteiger partial charge in [-0.3, -0.25) is 4.79 Å². The van der Waals surface area contributed by atoms with Crippen LogP contribution in [0, 0.1) is 0 Å². The third kappa shape index (κ3) is 4.10. The van der Waals surface area contributed by atoms with Crippen LogP contribution in [0.4, 0.5) is 0 Å². The molecular formula is C10H12BrNO4S. The van der Waals surface area contributed by atoms with Crippen molar-refractivity contribution in [2.45, 2.75) is 12.5 Å². The van der Waals surface area contributed by atoms with Gasteiger partial charge in [-0.15, -0.1) is 11.3 Å². The van der Waals surface area contributed by atoms with Gasteiger partial charge >= 0.3 is 5.97 Å². The zero-order chi connectivity index (χ0) is 12.8. The van der Waals surface area contributed by atoms with Crippen molar-refractivity contribution in [3.8, 4) is 0 Å². The molecule has 1 aromatic rings. The molecule has 0 fully saturated rings. The van der Waals surface area contributed by atoms with E-state index in [9.17, 15) is 9.59 Å². The van der Waals surface area contributed by atoms with Gasteiger partial charge in [-0.05, 0) is 27.4 Å². The minimum absolute atomic E-state index is 0.237. The zero-order valence-corrected chi connectivity index (χ0v) is 11.5. The Hall–Kier alpha value is -0.920. The summed E-state index contributed by atoms with van der Waals surface area (Å²) >= 11 is 4.48. The van der Waals surface area contributed by atoms with Gasteiger partial charge in [0.05, 0.1) is 0 Å². The van der Waals surface area contributed by atoms with Gasteiger partial charge in [0.15, 0.2) is 0 Å². The Morgan fingerprint density at radius 1 is 1.65 bits per heavy atom. The maximum atomic E-state index is 11.8. The third-order valence-electron chi connectivity index (χ3n) is 2.04. The molecule has 0 aliphatic heterocycles. The van der Waals surface area contributed by atoms with E-state index in [2.05, 4.69) is 21.2 Å². The second kappa shape index (κ2) is 6.73. The van der Waals surface area contributed by atoms with E-state index in [-0.39, 0.29) is 13.0 Å². The molecule has 0 aromatic carbocycles. The van der Waals surface area contributed by atoms with E-state index in [1.807, 2.05) is 0 Å². The maximum absolute atomic E-state index is 11.8. The number of thiophene rings is 1. The molecule has 1 aromatic heterocycles. The summed E-state index contributed by atoms with van der Waals surface area (Å²) in [5, 5.41) is 13.1. The molecule has 1 amide bonds. The van der Waals surface area contributed by atoms with Crippen LogP contribution < -0.4 is 5.32 Å². The van der Waals surface area contributed by atoms with Crippen molar-refractivity contribution in [3.05, 3.63) is 20.8 Å². The molecule has 0 aliphatic rings. The van der Waals surface area contributed by atoms with Crippen LogP contribution in [0.15, 0.2) is 15.9 Å². The van der Waals surface area contributed by atoms with Crippen LogP contribution in [-0.2, 0) is 9.53 Å². The highest BCUT2D eigenvalue weighted by Crippen LogP contribution is 2.22. The van der Waals surface area contributed by atoms with Crippen molar-refractivity contribution in [3.63, 3.8) is 0 Å². The molecule has 0 spiro atoms. The van der Waals surface area contributed by atoms with Crippen LogP contribution in [0.3, 0.4) is 0 Å². The van der Waals surface area contributed by atoms with Gasteiger partial charge in [-0.2, -0.15) is 0 Å². The molecule has 7 heteroatoms. The highest BCUT2D eigenvalue weighted by atomic mass is 79.9. The molecule has 0 saturated heterocycles. The second-order valence-corrected chi connectivity index (χ2v) is 5.01. The van der Waals surface area contributed by atoms with Crippen molar-refractivity contribution < 1.29 is 19.4 Å². The molecule has 0 radical (unpaired) electrons. The summed E-state index contributed by atoms with van der Waals surface area (Å²) in [5.41, 5.74) is 0. The van der Waals surface area contributed by atoms with Crippen molar-refractivity contribution in [2.24, 2.45) is 0 Å². The summed E-state index contributed by atoms with van der Waals surface area (Å²) in [6.07, 6.45) is 0.237. The van der Waals surface area contributed by atoms with Crippen LogP contribution in [0.2, 0.25) is 0 Å². The van der Waals surface area contributed by atoms with E-state index in [0.29, 0.717) is 9.35 Å². The Kier molecular flexibility index (Phi) is 5.60. The average molecular weight is 322 g/mol. The number of amides is 1. The first-order valence-electron chi connectivity index (χ1n) is 4.82. The largest absolute Gasteiger partial charge is 0.480 e. The number of hydrogen-bond donors (Lipinski definition) is 2. The van der Waals surface area contributed by atoms with E-state index in [4.69, 9.17) is 9.84 Å². The topological polar surface area (TPSA) is 75.6 Å². The highest BCUT2D eigenvalue weighted by Gasteiger charge is 2.21. The van der Waals surface area contributed by atoms with Crippen molar-refractivity contribution in [1.82, 2.24) is 5.32 Å².